The minimum Gasteiger partial charge on any atom is -0.338 e. The maximum absolute atomic E-state index is 12.9. The van der Waals surface area contributed by atoms with Crippen molar-refractivity contribution >= 4 is 6.03 Å². The molecule has 2 amide bonds. The van der Waals surface area contributed by atoms with Crippen LogP contribution in [-0.4, -0.2) is 18.1 Å². The topological polar surface area (TPSA) is 41.1 Å². The number of amides is 2. The zero-order valence-corrected chi connectivity index (χ0v) is 10.8. The highest BCUT2D eigenvalue weighted by Crippen LogP contribution is 2.08. The molecule has 0 aliphatic rings. The first-order valence-electron chi connectivity index (χ1n) is 5.78. The quantitative estimate of drug-likeness (QED) is 0.857. The lowest BCUT2D eigenvalue weighted by molar-refractivity contribution is 0.232. The summed E-state index contributed by atoms with van der Waals surface area (Å²) in [6.07, 6.45) is 0.453. The van der Waals surface area contributed by atoms with E-state index < -0.39 is 11.6 Å². The van der Waals surface area contributed by atoms with Gasteiger partial charge < -0.3 is 10.6 Å². The minimum atomic E-state index is -0.869. The summed E-state index contributed by atoms with van der Waals surface area (Å²) in [6, 6.07) is 3.45. The summed E-state index contributed by atoms with van der Waals surface area (Å²) in [5.41, 5.74) is 0.344. The number of nitrogens with one attached hydrogen (secondary N) is 2. The molecule has 100 valence electrons. The average molecular weight is 256 g/mol. The van der Waals surface area contributed by atoms with Gasteiger partial charge in [-0.05, 0) is 44.9 Å². The van der Waals surface area contributed by atoms with Crippen LogP contribution in [-0.2, 0) is 6.42 Å². The van der Waals surface area contributed by atoms with E-state index >= 15 is 0 Å². The number of rotatable bonds is 3. The lowest BCUT2D eigenvalue weighted by Crippen LogP contribution is -2.46. The Morgan fingerprint density at radius 3 is 2.44 bits per heavy atom. The molecule has 0 aliphatic carbocycles. The van der Waals surface area contributed by atoms with Gasteiger partial charge in [0.2, 0.25) is 0 Å². The first-order valence-corrected chi connectivity index (χ1v) is 5.78. The van der Waals surface area contributed by atoms with Crippen LogP contribution >= 0.6 is 0 Å². The van der Waals surface area contributed by atoms with E-state index in [2.05, 4.69) is 10.6 Å². The van der Waals surface area contributed by atoms with Crippen molar-refractivity contribution in [2.75, 3.05) is 6.54 Å². The average Bonchev–Trinajstić information content (AvgIpc) is 2.20. The Morgan fingerprint density at radius 1 is 1.22 bits per heavy atom. The number of carbonyl (C=O) groups is 1. The van der Waals surface area contributed by atoms with Crippen molar-refractivity contribution in [3.8, 4) is 0 Å². The van der Waals surface area contributed by atoms with Crippen LogP contribution in [0.25, 0.3) is 0 Å². The molecule has 3 nitrogen and oxygen atoms in total. The summed E-state index contributed by atoms with van der Waals surface area (Å²) in [5, 5.41) is 5.40. The first kappa shape index (κ1) is 14.4. The van der Waals surface area contributed by atoms with Crippen molar-refractivity contribution in [1.29, 1.82) is 0 Å². The molecular formula is C13H18F2N2O. The molecule has 0 bridgehead atoms. The van der Waals surface area contributed by atoms with Crippen molar-refractivity contribution < 1.29 is 13.6 Å². The van der Waals surface area contributed by atoms with E-state index in [0.29, 0.717) is 18.5 Å². The van der Waals surface area contributed by atoms with Crippen molar-refractivity contribution in [2.24, 2.45) is 0 Å². The van der Waals surface area contributed by atoms with Crippen LogP contribution in [0.3, 0.4) is 0 Å². The fraction of sp³-hybridized carbons (Fsp3) is 0.462. The van der Waals surface area contributed by atoms with Crippen molar-refractivity contribution in [1.82, 2.24) is 10.6 Å². The van der Waals surface area contributed by atoms with Crippen molar-refractivity contribution in [2.45, 2.75) is 32.7 Å². The van der Waals surface area contributed by atoms with Crippen LogP contribution in [0.15, 0.2) is 18.2 Å². The number of benzene rings is 1. The highest BCUT2D eigenvalue weighted by molar-refractivity contribution is 5.74. The van der Waals surface area contributed by atoms with Gasteiger partial charge >= 0.3 is 6.03 Å². The zero-order chi connectivity index (χ0) is 13.8. The molecule has 1 aromatic carbocycles. The fourth-order valence-electron chi connectivity index (χ4n) is 1.40. The van der Waals surface area contributed by atoms with E-state index in [9.17, 15) is 13.6 Å². The Morgan fingerprint density at radius 2 is 1.89 bits per heavy atom. The van der Waals surface area contributed by atoms with Crippen molar-refractivity contribution in [3.05, 3.63) is 35.4 Å². The third kappa shape index (κ3) is 5.12. The Hall–Kier alpha value is -1.65. The molecule has 0 saturated carbocycles. The number of halogens is 2. The SMILES string of the molecule is CC(C)(C)NC(=O)NCCc1ccc(F)c(F)c1. The van der Waals surface area contributed by atoms with Gasteiger partial charge in [0, 0.05) is 12.1 Å². The number of urea groups is 1. The molecule has 1 aromatic rings. The molecule has 0 spiro atoms. The lowest BCUT2D eigenvalue weighted by Gasteiger charge is -2.20. The van der Waals surface area contributed by atoms with Gasteiger partial charge in [0.1, 0.15) is 0 Å². The van der Waals surface area contributed by atoms with Gasteiger partial charge in [0.05, 0.1) is 0 Å². The van der Waals surface area contributed by atoms with E-state index in [-0.39, 0.29) is 11.6 Å². The molecule has 0 heterocycles. The lowest BCUT2D eigenvalue weighted by atomic mass is 10.1. The molecule has 0 fully saturated rings. The third-order valence-corrected chi connectivity index (χ3v) is 2.17. The Kier molecular flexibility index (Phi) is 4.64. The fourth-order valence-corrected chi connectivity index (χ4v) is 1.40. The van der Waals surface area contributed by atoms with E-state index in [0.717, 1.165) is 12.1 Å². The van der Waals surface area contributed by atoms with Crippen LogP contribution in [0, 0.1) is 11.6 Å². The predicted octanol–water partition coefficient (Wildman–Crippen LogP) is 2.61. The van der Waals surface area contributed by atoms with Gasteiger partial charge in [0.25, 0.3) is 0 Å². The monoisotopic (exact) mass is 256 g/mol. The number of hydrogen-bond acceptors (Lipinski definition) is 1. The van der Waals surface area contributed by atoms with Crippen LogP contribution < -0.4 is 10.6 Å². The molecule has 0 aliphatic heterocycles. The molecule has 0 unspecified atom stereocenters. The van der Waals surface area contributed by atoms with Gasteiger partial charge in [-0.2, -0.15) is 0 Å². The minimum absolute atomic E-state index is 0.273. The molecular weight excluding hydrogens is 238 g/mol. The van der Waals surface area contributed by atoms with Gasteiger partial charge in [-0.1, -0.05) is 6.07 Å². The first-order chi connectivity index (χ1) is 8.28. The molecule has 5 heteroatoms. The molecule has 0 aromatic heterocycles. The molecule has 0 radical (unpaired) electrons. The smallest absolute Gasteiger partial charge is 0.315 e. The predicted molar refractivity (Wildman–Crippen MR) is 66.3 cm³/mol. The summed E-state index contributed by atoms with van der Waals surface area (Å²) < 4.78 is 25.6. The molecule has 0 atom stereocenters. The maximum atomic E-state index is 12.9. The largest absolute Gasteiger partial charge is 0.338 e. The van der Waals surface area contributed by atoms with Gasteiger partial charge in [-0.15, -0.1) is 0 Å². The summed E-state index contributed by atoms with van der Waals surface area (Å²) >= 11 is 0. The second kappa shape index (κ2) is 5.80. The van der Waals surface area contributed by atoms with Gasteiger partial charge in [-0.3, -0.25) is 0 Å². The molecule has 0 saturated heterocycles. The van der Waals surface area contributed by atoms with Crippen molar-refractivity contribution in [3.63, 3.8) is 0 Å². The van der Waals surface area contributed by atoms with E-state index in [1.54, 1.807) is 0 Å². The normalized spacial score (nSPS) is 11.2. The summed E-state index contributed by atoms with van der Waals surface area (Å²) in [4.78, 5) is 11.4. The number of carbonyl (C=O) groups excluding carboxylic acids is 1. The van der Waals surface area contributed by atoms with Crippen LogP contribution in [0.2, 0.25) is 0 Å². The third-order valence-electron chi connectivity index (χ3n) is 2.17. The molecule has 18 heavy (non-hydrogen) atoms. The van der Waals surface area contributed by atoms with E-state index in [4.69, 9.17) is 0 Å². The highest BCUT2D eigenvalue weighted by Gasteiger charge is 2.12. The molecule has 1 rings (SSSR count). The Labute approximate surface area is 106 Å². The Balaban J connectivity index is 2.38. The van der Waals surface area contributed by atoms with Crippen LogP contribution in [0.4, 0.5) is 13.6 Å². The van der Waals surface area contributed by atoms with E-state index in [1.807, 2.05) is 20.8 Å². The standard InChI is InChI=1S/C13H18F2N2O/c1-13(2,3)17-12(18)16-7-6-9-4-5-10(14)11(15)8-9/h4-5,8H,6-7H2,1-3H3,(H2,16,17,18). The van der Waals surface area contributed by atoms with Crippen LogP contribution in [0.5, 0.6) is 0 Å². The zero-order valence-electron chi connectivity index (χ0n) is 10.8. The second-order valence-electron chi connectivity index (χ2n) is 5.13. The summed E-state index contributed by atoms with van der Waals surface area (Å²) in [5.74, 6) is -1.73. The molecule has 2 N–H and O–H groups in total. The van der Waals surface area contributed by atoms with Crippen LogP contribution in [0.1, 0.15) is 26.3 Å². The number of hydrogen-bond donors (Lipinski definition) is 2. The Bertz CT molecular complexity index is 427. The summed E-state index contributed by atoms with van der Waals surface area (Å²) in [6.45, 7) is 6.00. The van der Waals surface area contributed by atoms with E-state index in [1.165, 1.54) is 6.07 Å². The maximum Gasteiger partial charge on any atom is 0.315 e. The van der Waals surface area contributed by atoms with Gasteiger partial charge in [0.15, 0.2) is 11.6 Å². The second-order valence-corrected chi connectivity index (χ2v) is 5.13. The summed E-state index contributed by atoms with van der Waals surface area (Å²) in [7, 11) is 0. The van der Waals surface area contributed by atoms with Gasteiger partial charge in [-0.25, -0.2) is 13.6 Å². The highest BCUT2D eigenvalue weighted by atomic mass is 19.2.